The van der Waals surface area contributed by atoms with Crippen LogP contribution in [0.1, 0.15) is 22.3 Å². The summed E-state index contributed by atoms with van der Waals surface area (Å²) in [6, 6.07) is 59.3. The van der Waals surface area contributed by atoms with Gasteiger partial charge in [-0.3, -0.25) is 0 Å². The van der Waals surface area contributed by atoms with Crippen molar-refractivity contribution >= 4 is 53.1 Å². The van der Waals surface area contributed by atoms with Gasteiger partial charge < -0.3 is 0 Å². The zero-order valence-electron chi connectivity index (χ0n) is 24.9. The largest absolute Gasteiger partial charge is 0.135 e. The summed E-state index contributed by atoms with van der Waals surface area (Å²) in [6.45, 7) is 0. The molecule has 0 nitrogen and oxygen atoms in total. The molecule has 1 heterocycles. The summed E-state index contributed by atoms with van der Waals surface area (Å²) in [5.41, 5.74) is 13.1. The first-order valence-corrected chi connectivity index (χ1v) is 16.8. The first kappa shape index (κ1) is 24.8. The molecule has 0 atom stereocenters. The van der Waals surface area contributed by atoms with Crippen molar-refractivity contribution < 1.29 is 0 Å². The van der Waals surface area contributed by atoms with Gasteiger partial charge in [0.1, 0.15) is 0 Å². The van der Waals surface area contributed by atoms with Crippen LogP contribution in [0.2, 0.25) is 0 Å². The summed E-state index contributed by atoms with van der Waals surface area (Å²) in [4.78, 5) is 0. The lowest BCUT2D eigenvalue weighted by Crippen LogP contribution is -2.31. The molecule has 0 radical (unpaired) electrons. The molecule has 212 valence electrons. The van der Waals surface area contributed by atoms with E-state index in [1.807, 2.05) is 11.3 Å². The summed E-state index contributed by atoms with van der Waals surface area (Å²) in [6.07, 6.45) is 0. The minimum absolute atomic E-state index is 0.403. The molecule has 0 bridgehead atoms. The molecule has 0 aliphatic heterocycles. The van der Waals surface area contributed by atoms with E-state index >= 15 is 0 Å². The first-order valence-electron chi connectivity index (χ1n) is 16.0. The molecule has 0 unspecified atom stereocenters. The maximum absolute atomic E-state index is 2.42. The van der Waals surface area contributed by atoms with Crippen LogP contribution in [0.3, 0.4) is 0 Å². The third kappa shape index (κ3) is 2.86. The fourth-order valence-corrected chi connectivity index (χ4v) is 10.3. The first-order chi connectivity index (χ1) is 22.9. The highest BCUT2D eigenvalue weighted by molar-refractivity contribution is 7.26. The topological polar surface area (TPSA) is 0 Å². The Bertz CT molecular complexity index is 2710. The van der Waals surface area contributed by atoms with E-state index in [-0.39, 0.29) is 0 Å². The number of thiophene rings is 1. The average Bonchev–Trinajstić information content (AvgIpc) is 3.65. The summed E-state index contributed by atoms with van der Waals surface area (Å²) in [7, 11) is 0. The van der Waals surface area contributed by atoms with Crippen LogP contribution in [-0.2, 0) is 5.41 Å². The van der Waals surface area contributed by atoms with Gasteiger partial charge in [-0.2, -0.15) is 0 Å². The van der Waals surface area contributed by atoms with Crippen molar-refractivity contribution in [2.45, 2.75) is 5.41 Å². The number of fused-ring (bicyclic) bond motifs is 14. The summed E-state index contributed by atoms with van der Waals surface area (Å²) >= 11 is 1.92. The molecule has 0 saturated carbocycles. The van der Waals surface area contributed by atoms with Crippen molar-refractivity contribution in [1.29, 1.82) is 0 Å². The van der Waals surface area contributed by atoms with Gasteiger partial charge in [-0.05, 0) is 77.7 Å². The minimum Gasteiger partial charge on any atom is -0.135 e. The van der Waals surface area contributed by atoms with Gasteiger partial charge in [0.05, 0.1) is 5.41 Å². The van der Waals surface area contributed by atoms with Crippen molar-refractivity contribution in [2.75, 3.05) is 0 Å². The van der Waals surface area contributed by atoms with Crippen LogP contribution < -0.4 is 0 Å². The molecule has 1 heteroatoms. The zero-order chi connectivity index (χ0) is 30.0. The Hall–Kier alpha value is -5.50. The van der Waals surface area contributed by atoms with Crippen LogP contribution in [-0.4, -0.2) is 0 Å². The highest BCUT2D eigenvalue weighted by atomic mass is 32.1. The van der Waals surface area contributed by atoms with E-state index in [1.54, 1.807) is 0 Å². The summed E-state index contributed by atoms with van der Waals surface area (Å²) in [5, 5.41) is 8.00. The molecule has 8 aromatic carbocycles. The van der Waals surface area contributed by atoms with Gasteiger partial charge in [0.25, 0.3) is 0 Å². The molecule has 1 spiro atoms. The van der Waals surface area contributed by atoms with Gasteiger partial charge >= 0.3 is 0 Å². The SMILES string of the molecule is c1ccc2c(c1)-c1ccccc1C21c2ccccc2-c2c3ccccc3c(-c3cccc4c3sc3ccccc34)c3cccc1c23. The number of rotatable bonds is 1. The van der Waals surface area contributed by atoms with E-state index in [0.29, 0.717) is 0 Å². The van der Waals surface area contributed by atoms with Crippen molar-refractivity contribution in [1.82, 2.24) is 0 Å². The van der Waals surface area contributed by atoms with E-state index in [1.165, 1.54) is 97.4 Å². The molecule has 0 amide bonds. The molecule has 0 N–H and O–H groups in total. The van der Waals surface area contributed by atoms with E-state index in [4.69, 9.17) is 0 Å². The number of hydrogen-bond acceptors (Lipinski definition) is 1. The summed E-state index contributed by atoms with van der Waals surface area (Å²) in [5.74, 6) is 0. The molecule has 9 aromatic rings. The van der Waals surface area contributed by atoms with Crippen LogP contribution in [0.5, 0.6) is 0 Å². The Morgan fingerprint density at radius 3 is 1.54 bits per heavy atom. The predicted octanol–water partition coefficient (Wildman–Crippen LogP) is 12.4. The molecule has 2 aliphatic carbocycles. The highest BCUT2D eigenvalue weighted by Gasteiger charge is 2.50. The number of hydrogen-bond donors (Lipinski definition) is 0. The van der Waals surface area contributed by atoms with Crippen molar-refractivity contribution in [2.24, 2.45) is 0 Å². The fourth-order valence-electron chi connectivity index (χ4n) is 9.04. The van der Waals surface area contributed by atoms with E-state index < -0.39 is 5.41 Å². The molecule has 11 rings (SSSR count). The maximum atomic E-state index is 2.42. The summed E-state index contributed by atoms with van der Waals surface area (Å²) < 4.78 is 2.70. The normalized spacial score (nSPS) is 13.8. The Balaban J connectivity index is 1.39. The van der Waals surface area contributed by atoms with Crippen LogP contribution in [0.4, 0.5) is 0 Å². The van der Waals surface area contributed by atoms with Gasteiger partial charge in [0.15, 0.2) is 0 Å². The van der Waals surface area contributed by atoms with Crippen LogP contribution >= 0.6 is 11.3 Å². The monoisotopic (exact) mass is 598 g/mol. The third-order valence-corrected chi connectivity index (χ3v) is 11.9. The minimum atomic E-state index is -0.403. The molecular formula is C45H26S. The average molecular weight is 599 g/mol. The van der Waals surface area contributed by atoms with Crippen LogP contribution in [0, 0.1) is 0 Å². The highest BCUT2D eigenvalue weighted by Crippen LogP contribution is 2.63. The van der Waals surface area contributed by atoms with Crippen molar-refractivity contribution in [3.05, 3.63) is 180 Å². The molecule has 0 fully saturated rings. The third-order valence-electron chi connectivity index (χ3n) is 10.7. The van der Waals surface area contributed by atoms with Crippen LogP contribution in [0.25, 0.3) is 75.1 Å². The Labute approximate surface area is 270 Å². The quantitative estimate of drug-likeness (QED) is 0.165. The standard InChI is InChI=1S/C45H26S/c1-2-17-31-30(16-1)41(35-21-11-19-32-29-15-6-10-26-40(29)46-44(32)35)34-20-12-25-39-43(34)42(31)33-18-5-9-24-38(33)45(39)36-22-7-3-13-27(36)28-14-4-8-23-37(28)45/h1-26H. The molecule has 2 aliphatic rings. The molecular weight excluding hydrogens is 573 g/mol. The molecule has 1 aromatic heterocycles. The maximum Gasteiger partial charge on any atom is 0.0725 e. The van der Waals surface area contributed by atoms with E-state index in [2.05, 4.69) is 158 Å². The molecule has 0 saturated heterocycles. The lowest BCUT2D eigenvalue weighted by atomic mass is 9.60. The fraction of sp³-hybridized carbons (Fsp3) is 0.0222. The van der Waals surface area contributed by atoms with E-state index in [0.717, 1.165) is 0 Å². The van der Waals surface area contributed by atoms with Gasteiger partial charge in [0.2, 0.25) is 0 Å². The van der Waals surface area contributed by atoms with Crippen LogP contribution in [0.15, 0.2) is 158 Å². The van der Waals surface area contributed by atoms with Gasteiger partial charge in [-0.15, -0.1) is 11.3 Å². The second-order valence-corrected chi connectivity index (χ2v) is 13.7. The predicted molar refractivity (Wildman–Crippen MR) is 196 cm³/mol. The smallest absolute Gasteiger partial charge is 0.0725 e. The Morgan fingerprint density at radius 1 is 0.326 bits per heavy atom. The second kappa shape index (κ2) is 8.81. The van der Waals surface area contributed by atoms with Gasteiger partial charge in [-0.25, -0.2) is 0 Å². The van der Waals surface area contributed by atoms with Crippen molar-refractivity contribution in [3.8, 4) is 33.4 Å². The van der Waals surface area contributed by atoms with E-state index in [9.17, 15) is 0 Å². The lowest BCUT2D eigenvalue weighted by Gasteiger charge is -2.40. The lowest BCUT2D eigenvalue weighted by molar-refractivity contribution is 0.774. The van der Waals surface area contributed by atoms with Crippen molar-refractivity contribution in [3.63, 3.8) is 0 Å². The second-order valence-electron chi connectivity index (χ2n) is 12.7. The zero-order valence-corrected chi connectivity index (χ0v) is 25.7. The molecule has 46 heavy (non-hydrogen) atoms. The number of benzene rings is 8. The van der Waals surface area contributed by atoms with Gasteiger partial charge in [-0.1, -0.05) is 152 Å². The Morgan fingerprint density at radius 2 is 0.804 bits per heavy atom. The van der Waals surface area contributed by atoms with Gasteiger partial charge in [0, 0.05) is 25.7 Å². The Kier molecular flexibility index (Phi) is 4.75.